The van der Waals surface area contributed by atoms with Crippen LogP contribution < -0.4 is 5.32 Å². The van der Waals surface area contributed by atoms with Crippen LogP contribution in [0.5, 0.6) is 0 Å². The lowest BCUT2D eigenvalue weighted by atomic mass is 10.2. The van der Waals surface area contributed by atoms with Gasteiger partial charge in [0.2, 0.25) is 0 Å². The molecule has 0 spiro atoms. The van der Waals surface area contributed by atoms with Crippen molar-refractivity contribution < 1.29 is 9.18 Å². The summed E-state index contributed by atoms with van der Waals surface area (Å²) in [5.74, 6) is -0.591. The molecule has 0 aliphatic carbocycles. The third-order valence-electron chi connectivity index (χ3n) is 3.53. The zero-order valence-corrected chi connectivity index (χ0v) is 11.9. The van der Waals surface area contributed by atoms with Gasteiger partial charge in [-0.2, -0.15) is 0 Å². The maximum atomic E-state index is 13.1. The van der Waals surface area contributed by atoms with E-state index >= 15 is 0 Å². The zero-order chi connectivity index (χ0) is 13.8. The van der Waals surface area contributed by atoms with Crippen molar-refractivity contribution in [1.29, 1.82) is 0 Å². The Kier molecular flexibility index (Phi) is 4.82. The van der Waals surface area contributed by atoms with Crippen molar-refractivity contribution in [2.75, 3.05) is 19.6 Å². The quantitative estimate of drug-likeness (QED) is 0.831. The van der Waals surface area contributed by atoms with Crippen LogP contribution in [0.1, 0.15) is 30.1 Å². The molecule has 1 aliphatic heterocycles. The van der Waals surface area contributed by atoms with E-state index in [1.807, 2.05) is 0 Å². The lowest BCUT2D eigenvalue weighted by Gasteiger charge is -2.23. The van der Waals surface area contributed by atoms with Crippen molar-refractivity contribution in [2.45, 2.75) is 30.7 Å². The van der Waals surface area contributed by atoms with Crippen molar-refractivity contribution in [2.24, 2.45) is 0 Å². The van der Waals surface area contributed by atoms with Crippen molar-refractivity contribution in [3.8, 4) is 0 Å². The SMILES string of the molecule is CC(CNC(=O)c1ccc(F)c(S)c1)N1CCCC1. The van der Waals surface area contributed by atoms with Crippen molar-refractivity contribution in [1.82, 2.24) is 10.2 Å². The third kappa shape index (κ3) is 3.70. The molecule has 2 rings (SSSR count). The van der Waals surface area contributed by atoms with Crippen LogP contribution in [0.3, 0.4) is 0 Å². The Labute approximate surface area is 118 Å². The highest BCUT2D eigenvalue weighted by Crippen LogP contribution is 2.14. The summed E-state index contributed by atoms with van der Waals surface area (Å²) in [6.45, 7) is 4.93. The second kappa shape index (κ2) is 6.39. The van der Waals surface area contributed by atoms with E-state index < -0.39 is 5.82 Å². The fraction of sp³-hybridized carbons (Fsp3) is 0.500. The smallest absolute Gasteiger partial charge is 0.251 e. The van der Waals surface area contributed by atoms with Crippen LogP contribution >= 0.6 is 12.6 Å². The Morgan fingerprint density at radius 2 is 2.16 bits per heavy atom. The van der Waals surface area contributed by atoms with Crippen molar-refractivity contribution in [3.05, 3.63) is 29.6 Å². The fourth-order valence-electron chi connectivity index (χ4n) is 2.31. The third-order valence-corrected chi connectivity index (χ3v) is 3.87. The number of amides is 1. The molecule has 1 atom stereocenters. The van der Waals surface area contributed by atoms with Gasteiger partial charge in [0.1, 0.15) is 5.82 Å². The summed E-state index contributed by atoms with van der Waals surface area (Å²) < 4.78 is 13.1. The second-order valence-corrected chi connectivity index (χ2v) is 5.45. The largest absolute Gasteiger partial charge is 0.350 e. The van der Waals surface area contributed by atoms with E-state index in [2.05, 4.69) is 29.8 Å². The van der Waals surface area contributed by atoms with Gasteiger partial charge in [0.05, 0.1) is 0 Å². The second-order valence-electron chi connectivity index (χ2n) is 4.97. The average molecular weight is 282 g/mol. The van der Waals surface area contributed by atoms with Gasteiger partial charge >= 0.3 is 0 Å². The number of hydrogen-bond acceptors (Lipinski definition) is 3. The Morgan fingerprint density at radius 3 is 2.79 bits per heavy atom. The van der Waals surface area contributed by atoms with Gasteiger partial charge in [-0.05, 0) is 51.1 Å². The number of thiol groups is 1. The lowest BCUT2D eigenvalue weighted by molar-refractivity contribution is 0.0940. The van der Waals surface area contributed by atoms with Crippen LogP contribution in [0.15, 0.2) is 23.1 Å². The number of carbonyl (C=O) groups excluding carboxylic acids is 1. The van der Waals surface area contributed by atoms with E-state index in [0.29, 0.717) is 18.2 Å². The molecular formula is C14H19FN2OS. The molecule has 0 radical (unpaired) electrons. The minimum atomic E-state index is -0.412. The molecule has 1 aromatic carbocycles. The molecule has 3 nitrogen and oxygen atoms in total. The highest BCUT2D eigenvalue weighted by atomic mass is 32.1. The van der Waals surface area contributed by atoms with Gasteiger partial charge in [0.15, 0.2) is 0 Å². The Bertz CT molecular complexity index is 461. The number of nitrogens with zero attached hydrogens (tertiary/aromatic N) is 1. The number of rotatable bonds is 4. The number of halogens is 1. The summed E-state index contributed by atoms with van der Waals surface area (Å²) in [7, 11) is 0. The maximum absolute atomic E-state index is 13.1. The highest BCUT2D eigenvalue weighted by Gasteiger charge is 2.18. The first kappa shape index (κ1) is 14.3. The average Bonchev–Trinajstić information content (AvgIpc) is 2.92. The molecule has 19 heavy (non-hydrogen) atoms. The Morgan fingerprint density at radius 1 is 1.47 bits per heavy atom. The molecule has 1 unspecified atom stereocenters. The van der Waals surface area contributed by atoms with E-state index in [9.17, 15) is 9.18 Å². The van der Waals surface area contributed by atoms with Crippen molar-refractivity contribution in [3.63, 3.8) is 0 Å². The molecule has 1 aromatic rings. The van der Waals surface area contributed by atoms with Crippen LogP contribution in [-0.2, 0) is 0 Å². The van der Waals surface area contributed by atoms with E-state index in [-0.39, 0.29) is 10.8 Å². The highest BCUT2D eigenvalue weighted by molar-refractivity contribution is 7.80. The van der Waals surface area contributed by atoms with E-state index in [0.717, 1.165) is 13.1 Å². The number of hydrogen-bond donors (Lipinski definition) is 2. The van der Waals surface area contributed by atoms with E-state index in [1.165, 1.54) is 31.0 Å². The predicted octanol–water partition coefficient (Wildman–Crippen LogP) is 2.33. The van der Waals surface area contributed by atoms with Crippen molar-refractivity contribution >= 4 is 18.5 Å². The normalized spacial score (nSPS) is 17.4. The number of benzene rings is 1. The molecule has 0 saturated carbocycles. The van der Waals surface area contributed by atoms with E-state index in [4.69, 9.17) is 0 Å². The molecule has 1 saturated heterocycles. The Balaban J connectivity index is 1.88. The molecule has 0 bridgehead atoms. The van der Waals surface area contributed by atoms with Gasteiger partial charge in [-0.3, -0.25) is 9.69 Å². The minimum absolute atomic E-state index is 0.179. The summed E-state index contributed by atoms with van der Waals surface area (Å²) in [6.07, 6.45) is 2.47. The van der Waals surface area contributed by atoms with Crippen LogP contribution in [0.4, 0.5) is 4.39 Å². The molecule has 1 amide bonds. The van der Waals surface area contributed by atoms with Gasteiger partial charge in [-0.15, -0.1) is 12.6 Å². The first-order chi connectivity index (χ1) is 9.08. The van der Waals surface area contributed by atoms with Gasteiger partial charge < -0.3 is 5.32 Å². The molecule has 104 valence electrons. The summed E-state index contributed by atoms with van der Waals surface area (Å²) in [4.78, 5) is 14.5. The minimum Gasteiger partial charge on any atom is -0.350 e. The summed E-state index contributed by atoms with van der Waals surface area (Å²) in [5, 5.41) is 2.89. The lowest BCUT2D eigenvalue weighted by Crippen LogP contribution is -2.40. The molecule has 1 aliphatic rings. The van der Waals surface area contributed by atoms with Gasteiger partial charge in [0.25, 0.3) is 5.91 Å². The zero-order valence-electron chi connectivity index (χ0n) is 11.0. The van der Waals surface area contributed by atoms with Crippen LogP contribution in [-0.4, -0.2) is 36.5 Å². The molecular weight excluding hydrogens is 263 g/mol. The first-order valence-electron chi connectivity index (χ1n) is 6.58. The predicted molar refractivity (Wildman–Crippen MR) is 76.3 cm³/mol. The molecule has 0 aromatic heterocycles. The van der Waals surface area contributed by atoms with Crippen LogP contribution in [0, 0.1) is 5.82 Å². The molecule has 1 heterocycles. The topological polar surface area (TPSA) is 32.3 Å². The summed E-state index contributed by atoms with van der Waals surface area (Å²) >= 11 is 3.98. The molecule has 1 N–H and O–H groups in total. The number of nitrogens with one attached hydrogen (secondary N) is 1. The van der Waals surface area contributed by atoms with Gasteiger partial charge in [-0.1, -0.05) is 0 Å². The van der Waals surface area contributed by atoms with Crippen LogP contribution in [0.2, 0.25) is 0 Å². The molecule has 1 fully saturated rings. The standard InChI is InChI=1S/C14H19FN2OS/c1-10(17-6-2-3-7-17)9-16-14(18)11-4-5-12(15)13(19)8-11/h4-5,8,10,19H,2-3,6-7,9H2,1H3,(H,16,18). The number of likely N-dealkylation sites (tertiary alicyclic amines) is 1. The molecule has 5 heteroatoms. The van der Waals surface area contributed by atoms with Gasteiger partial charge in [-0.25, -0.2) is 4.39 Å². The maximum Gasteiger partial charge on any atom is 0.251 e. The first-order valence-corrected chi connectivity index (χ1v) is 7.03. The summed E-state index contributed by atoms with van der Waals surface area (Å²) in [6, 6.07) is 4.53. The van der Waals surface area contributed by atoms with Gasteiger partial charge in [0, 0.05) is 23.0 Å². The fourth-order valence-corrected chi connectivity index (χ4v) is 2.52. The monoisotopic (exact) mass is 282 g/mol. The Hall–Kier alpha value is -1.07. The summed E-state index contributed by atoms with van der Waals surface area (Å²) in [5.41, 5.74) is 0.444. The van der Waals surface area contributed by atoms with E-state index in [1.54, 1.807) is 0 Å². The number of carbonyl (C=O) groups is 1. The van der Waals surface area contributed by atoms with Crippen LogP contribution in [0.25, 0.3) is 0 Å².